The van der Waals surface area contributed by atoms with Gasteiger partial charge in [-0.1, -0.05) is 60.7 Å². The molecule has 2 N–H and O–H groups in total. The van der Waals surface area contributed by atoms with Gasteiger partial charge in [0.15, 0.2) is 0 Å². The predicted octanol–water partition coefficient (Wildman–Crippen LogP) is 3.18. The van der Waals surface area contributed by atoms with Gasteiger partial charge in [-0.05, 0) is 37.9 Å². The summed E-state index contributed by atoms with van der Waals surface area (Å²) in [6.07, 6.45) is 0.354. The van der Waals surface area contributed by atoms with Crippen LogP contribution in [-0.2, 0) is 20.9 Å². The quantitative estimate of drug-likeness (QED) is 0.681. The Hall–Kier alpha value is -2.90. The first kappa shape index (κ1) is 21.8. The number of nitrogens with one attached hydrogen (secondary N) is 2. The number of benzene rings is 2. The first-order valence-electron chi connectivity index (χ1n) is 10.3. The molecule has 0 radical (unpaired) electrons. The van der Waals surface area contributed by atoms with Crippen molar-refractivity contribution in [3.8, 4) is 0 Å². The van der Waals surface area contributed by atoms with Gasteiger partial charge in [0.2, 0.25) is 0 Å². The van der Waals surface area contributed by atoms with Crippen LogP contribution < -0.4 is 10.7 Å². The fraction of sp³-hybridized carbons (Fsp3) is 0.391. The van der Waals surface area contributed by atoms with Crippen LogP contribution in [-0.4, -0.2) is 42.7 Å². The monoisotopic (exact) mass is 411 g/mol. The van der Waals surface area contributed by atoms with E-state index in [1.807, 2.05) is 74.6 Å². The summed E-state index contributed by atoms with van der Waals surface area (Å²) < 4.78 is 11.2. The van der Waals surface area contributed by atoms with Gasteiger partial charge >= 0.3 is 12.1 Å². The Morgan fingerprint density at radius 3 is 2.47 bits per heavy atom. The van der Waals surface area contributed by atoms with Crippen molar-refractivity contribution in [2.24, 2.45) is 0 Å². The lowest BCUT2D eigenvalue weighted by atomic mass is 10.0. The van der Waals surface area contributed by atoms with E-state index in [-0.39, 0.29) is 18.6 Å². The summed E-state index contributed by atoms with van der Waals surface area (Å²) in [7, 11) is 1.83. The van der Waals surface area contributed by atoms with Crippen molar-refractivity contribution in [2.45, 2.75) is 44.6 Å². The molecule has 0 aromatic heterocycles. The molecule has 7 nitrogen and oxygen atoms in total. The molecular formula is C23H29N3O4. The molecule has 1 saturated heterocycles. The zero-order valence-electron chi connectivity index (χ0n) is 17.4. The molecule has 160 valence electrons. The number of carbonyl (C=O) groups is 2. The molecule has 1 aliphatic heterocycles. The highest BCUT2D eigenvalue weighted by atomic mass is 16.6. The van der Waals surface area contributed by atoms with Gasteiger partial charge in [0, 0.05) is 12.6 Å². The Balaban J connectivity index is 1.58. The summed E-state index contributed by atoms with van der Waals surface area (Å²) in [6.45, 7) is 2.63. The minimum atomic E-state index is -0.599. The van der Waals surface area contributed by atoms with E-state index in [1.165, 1.54) is 5.01 Å². The van der Waals surface area contributed by atoms with Crippen LogP contribution in [0.4, 0.5) is 4.79 Å². The Morgan fingerprint density at radius 1 is 1.13 bits per heavy atom. The van der Waals surface area contributed by atoms with Gasteiger partial charge < -0.3 is 14.8 Å². The highest BCUT2D eigenvalue weighted by molar-refractivity contribution is 5.77. The molecule has 1 heterocycles. The van der Waals surface area contributed by atoms with Crippen molar-refractivity contribution in [1.29, 1.82) is 0 Å². The largest absolute Gasteiger partial charge is 0.455 e. The van der Waals surface area contributed by atoms with Crippen LogP contribution in [0.5, 0.6) is 0 Å². The summed E-state index contributed by atoms with van der Waals surface area (Å²) in [5.74, 6) is -0.383. The minimum absolute atomic E-state index is 0.0631. The van der Waals surface area contributed by atoms with Gasteiger partial charge in [-0.3, -0.25) is 4.79 Å². The lowest BCUT2D eigenvalue weighted by Gasteiger charge is -2.33. The van der Waals surface area contributed by atoms with Crippen LogP contribution in [0, 0.1) is 0 Å². The standard InChI is InChI=1S/C23H29N3O4/c1-17(24-2)21(19-12-7-4-8-13-19)30-22(27)20-14-9-15-26(25-20)23(28)29-16-18-10-5-3-6-11-18/h3-8,10-13,17,20-21,24-25H,9,14-16H2,1-2H3/t17-,20-,21-/m1/s1. The molecule has 3 rings (SSSR count). The average Bonchev–Trinajstić information content (AvgIpc) is 2.81. The number of hydrogen-bond donors (Lipinski definition) is 2. The summed E-state index contributed by atoms with van der Waals surface area (Å²) in [6, 6.07) is 18.5. The number of rotatable bonds is 7. The van der Waals surface area contributed by atoms with Gasteiger partial charge in [-0.2, -0.15) is 0 Å². The van der Waals surface area contributed by atoms with E-state index in [0.29, 0.717) is 19.4 Å². The summed E-state index contributed by atoms with van der Waals surface area (Å²) >= 11 is 0. The Kier molecular flexibility index (Phi) is 7.82. The molecule has 0 spiro atoms. The minimum Gasteiger partial charge on any atom is -0.455 e. The van der Waals surface area contributed by atoms with E-state index < -0.39 is 18.2 Å². The van der Waals surface area contributed by atoms with Gasteiger partial charge in [-0.15, -0.1) is 0 Å². The highest BCUT2D eigenvalue weighted by Gasteiger charge is 2.32. The number of likely N-dealkylation sites (N-methyl/N-ethyl adjacent to an activating group) is 1. The second-order valence-corrected chi connectivity index (χ2v) is 7.36. The topological polar surface area (TPSA) is 79.9 Å². The van der Waals surface area contributed by atoms with Crippen LogP contribution in [0.3, 0.4) is 0 Å². The van der Waals surface area contributed by atoms with Crippen LogP contribution in [0.25, 0.3) is 0 Å². The predicted molar refractivity (Wildman–Crippen MR) is 113 cm³/mol. The molecule has 0 aliphatic carbocycles. The lowest BCUT2D eigenvalue weighted by Crippen LogP contribution is -2.55. The van der Waals surface area contributed by atoms with E-state index in [1.54, 1.807) is 0 Å². The molecule has 3 atom stereocenters. The van der Waals surface area contributed by atoms with Crippen LogP contribution in [0.15, 0.2) is 60.7 Å². The molecule has 1 aliphatic rings. The second-order valence-electron chi connectivity index (χ2n) is 7.36. The summed E-state index contributed by atoms with van der Waals surface area (Å²) in [5.41, 5.74) is 4.79. The maximum Gasteiger partial charge on any atom is 0.424 e. The second kappa shape index (κ2) is 10.8. The molecule has 1 amide bonds. The van der Waals surface area contributed by atoms with Gasteiger partial charge in [0.1, 0.15) is 18.8 Å². The van der Waals surface area contributed by atoms with Crippen molar-refractivity contribution in [2.75, 3.05) is 13.6 Å². The zero-order chi connectivity index (χ0) is 21.3. The maximum atomic E-state index is 12.9. The third kappa shape index (κ3) is 5.81. The molecule has 2 aromatic carbocycles. The fourth-order valence-electron chi connectivity index (χ4n) is 3.34. The Morgan fingerprint density at radius 2 is 1.80 bits per heavy atom. The van der Waals surface area contributed by atoms with Crippen molar-refractivity contribution >= 4 is 12.1 Å². The van der Waals surface area contributed by atoms with E-state index in [9.17, 15) is 9.59 Å². The smallest absolute Gasteiger partial charge is 0.424 e. The molecule has 0 bridgehead atoms. The number of hydrazine groups is 1. The van der Waals surface area contributed by atoms with E-state index in [0.717, 1.165) is 11.1 Å². The van der Waals surface area contributed by atoms with Gasteiger partial charge in [0.25, 0.3) is 0 Å². The maximum absolute atomic E-state index is 12.9. The number of esters is 1. The van der Waals surface area contributed by atoms with E-state index >= 15 is 0 Å². The van der Waals surface area contributed by atoms with E-state index in [4.69, 9.17) is 9.47 Å². The first-order valence-corrected chi connectivity index (χ1v) is 10.3. The third-order valence-electron chi connectivity index (χ3n) is 5.18. The normalized spacial score (nSPS) is 18.3. The number of ether oxygens (including phenoxy) is 2. The molecule has 2 aromatic rings. The van der Waals surface area contributed by atoms with E-state index in [2.05, 4.69) is 10.7 Å². The highest BCUT2D eigenvalue weighted by Crippen LogP contribution is 2.23. The summed E-state index contributed by atoms with van der Waals surface area (Å²) in [5, 5.41) is 4.51. The molecule has 1 fully saturated rings. The number of nitrogens with zero attached hydrogens (tertiary/aromatic N) is 1. The third-order valence-corrected chi connectivity index (χ3v) is 5.18. The zero-order valence-corrected chi connectivity index (χ0v) is 17.4. The molecular weight excluding hydrogens is 382 g/mol. The number of amides is 1. The van der Waals surface area contributed by atoms with Crippen LogP contribution in [0.2, 0.25) is 0 Å². The summed E-state index contributed by atoms with van der Waals surface area (Å²) in [4.78, 5) is 25.3. The molecule has 0 unspecified atom stereocenters. The van der Waals surface area contributed by atoms with Crippen LogP contribution in [0.1, 0.15) is 37.0 Å². The van der Waals surface area contributed by atoms with Crippen molar-refractivity contribution in [3.05, 3.63) is 71.8 Å². The first-order chi connectivity index (χ1) is 14.6. The van der Waals surface area contributed by atoms with Gasteiger partial charge in [0.05, 0.1) is 0 Å². The Labute approximate surface area is 177 Å². The fourth-order valence-corrected chi connectivity index (χ4v) is 3.34. The Bertz CT molecular complexity index is 816. The average molecular weight is 412 g/mol. The molecule has 7 heteroatoms. The van der Waals surface area contributed by atoms with Crippen molar-refractivity contribution in [1.82, 2.24) is 15.8 Å². The lowest BCUT2D eigenvalue weighted by molar-refractivity contribution is -0.156. The number of hydrogen-bond acceptors (Lipinski definition) is 6. The van der Waals surface area contributed by atoms with Gasteiger partial charge in [-0.25, -0.2) is 15.2 Å². The molecule has 30 heavy (non-hydrogen) atoms. The molecule has 0 saturated carbocycles. The van der Waals surface area contributed by atoms with Crippen molar-refractivity contribution < 1.29 is 19.1 Å². The SMILES string of the molecule is CN[C@H](C)[C@@H](OC(=O)[C@H]1CCCN(C(=O)OCc2ccccc2)N1)c1ccccc1. The van der Waals surface area contributed by atoms with Crippen LogP contribution >= 0.6 is 0 Å². The number of carbonyl (C=O) groups excluding carboxylic acids is 2. The van der Waals surface area contributed by atoms with Crippen molar-refractivity contribution in [3.63, 3.8) is 0 Å².